The predicted octanol–water partition coefficient (Wildman–Crippen LogP) is 9.77. The first-order chi connectivity index (χ1) is 31.3. The summed E-state index contributed by atoms with van der Waals surface area (Å²) in [7, 11) is 16.5. The SMILES string of the molecule is CN(C)c1ccc(C2(c3ccc(N(C)C)cc3)C=Cc3c(C(=O)C4CC4)n[nH]c3C2)cc1.CN(C)c1ccc(C2(c3ccc(N(C)C)cc3)C=Cc3c(C(=O)C4CCC4)n[nH]c3C2)cc1. The van der Waals surface area contributed by atoms with Gasteiger partial charge in [-0.1, -0.05) is 79.3 Å². The van der Waals surface area contributed by atoms with E-state index in [0.717, 1.165) is 67.5 Å². The quantitative estimate of drug-likeness (QED) is 0.117. The lowest BCUT2D eigenvalue weighted by Gasteiger charge is -2.35. The molecule has 0 amide bonds. The van der Waals surface area contributed by atoms with Gasteiger partial charge in [-0.3, -0.25) is 19.8 Å². The number of Topliss-reactive ketones (excluding diaryl/α,β-unsaturated/α-hetero) is 2. The van der Waals surface area contributed by atoms with Gasteiger partial charge in [0.15, 0.2) is 11.6 Å². The number of aromatic amines is 2. The smallest absolute Gasteiger partial charge is 0.186 e. The summed E-state index contributed by atoms with van der Waals surface area (Å²) in [6, 6.07) is 35.1. The number of carbonyl (C=O) groups is 2. The van der Waals surface area contributed by atoms with E-state index in [1.807, 2.05) is 0 Å². The van der Waals surface area contributed by atoms with Crippen LogP contribution in [0, 0.1) is 11.8 Å². The molecule has 2 aromatic heterocycles. The van der Waals surface area contributed by atoms with Crippen molar-refractivity contribution in [2.45, 2.75) is 55.8 Å². The molecule has 0 radical (unpaired) electrons. The molecule has 0 bridgehead atoms. The van der Waals surface area contributed by atoms with Crippen molar-refractivity contribution in [3.8, 4) is 0 Å². The molecule has 10 nitrogen and oxygen atoms in total. The molecule has 0 unspecified atom stereocenters. The van der Waals surface area contributed by atoms with Gasteiger partial charge in [0.25, 0.3) is 0 Å². The minimum Gasteiger partial charge on any atom is -0.378 e. The summed E-state index contributed by atoms with van der Waals surface area (Å²) in [5.74, 6) is 0.696. The second-order valence-electron chi connectivity index (χ2n) is 19.3. The van der Waals surface area contributed by atoms with Crippen LogP contribution in [0.3, 0.4) is 0 Å². The number of hydrogen-bond donors (Lipinski definition) is 2. The Labute approximate surface area is 384 Å². The summed E-state index contributed by atoms with van der Waals surface area (Å²) >= 11 is 0. The van der Waals surface area contributed by atoms with E-state index in [9.17, 15) is 9.59 Å². The van der Waals surface area contributed by atoms with Crippen molar-refractivity contribution in [1.82, 2.24) is 20.4 Å². The van der Waals surface area contributed by atoms with Crippen LogP contribution in [0.4, 0.5) is 22.7 Å². The molecule has 0 aliphatic heterocycles. The molecule has 0 saturated heterocycles. The molecule has 0 atom stereocenters. The maximum Gasteiger partial charge on any atom is 0.186 e. The Bertz CT molecular complexity index is 2620. The van der Waals surface area contributed by atoms with Crippen LogP contribution in [-0.2, 0) is 23.7 Å². The topological polar surface area (TPSA) is 104 Å². The van der Waals surface area contributed by atoms with E-state index in [2.05, 4.69) is 218 Å². The third kappa shape index (κ3) is 8.19. The van der Waals surface area contributed by atoms with E-state index in [1.54, 1.807) is 0 Å². The zero-order valence-corrected chi connectivity index (χ0v) is 39.2. The average Bonchev–Trinajstić information content (AvgIpc) is 3.94. The molecule has 4 aromatic carbocycles. The first-order valence-corrected chi connectivity index (χ1v) is 23.0. The van der Waals surface area contributed by atoms with Crippen LogP contribution in [-0.4, -0.2) is 88.3 Å². The first-order valence-electron chi connectivity index (χ1n) is 23.0. The van der Waals surface area contributed by atoms with Crippen molar-refractivity contribution in [3.63, 3.8) is 0 Å². The normalized spacial score (nSPS) is 16.6. The lowest BCUT2D eigenvalue weighted by Crippen LogP contribution is -2.31. The van der Waals surface area contributed by atoms with Crippen molar-refractivity contribution in [1.29, 1.82) is 0 Å². The maximum absolute atomic E-state index is 12.9. The number of benzene rings is 4. The third-order valence-electron chi connectivity index (χ3n) is 14.2. The summed E-state index contributed by atoms with van der Waals surface area (Å²) in [6.45, 7) is 0. The van der Waals surface area contributed by atoms with Crippen molar-refractivity contribution >= 4 is 46.5 Å². The van der Waals surface area contributed by atoms with Gasteiger partial charge in [-0.05, 0) is 96.5 Å². The van der Waals surface area contributed by atoms with Gasteiger partial charge in [0, 0.05) is 137 Å². The highest BCUT2D eigenvalue weighted by molar-refractivity contribution is 6.01. The Morgan fingerprint density at radius 2 is 0.754 bits per heavy atom. The van der Waals surface area contributed by atoms with Gasteiger partial charge in [0.05, 0.1) is 0 Å². The zero-order valence-electron chi connectivity index (χ0n) is 39.2. The molecule has 334 valence electrons. The van der Waals surface area contributed by atoms with E-state index < -0.39 is 0 Å². The number of nitrogens with zero attached hydrogens (tertiary/aromatic N) is 6. The molecule has 2 fully saturated rings. The fourth-order valence-electron chi connectivity index (χ4n) is 9.66. The molecule has 4 aliphatic carbocycles. The molecule has 10 heteroatoms. The minimum atomic E-state index is -0.327. The molecule has 2 saturated carbocycles. The molecule has 10 rings (SSSR count). The molecule has 6 aromatic rings. The predicted molar refractivity (Wildman–Crippen MR) is 266 cm³/mol. The highest BCUT2D eigenvalue weighted by Crippen LogP contribution is 2.45. The highest BCUT2D eigenvalue weighted by Gasteiger charge is 2.41. The summed E-state index contributed by atoms with van der Waals surface area (Å²) < 4.78 is 0. The standard InChI is InChI=1S/C28H32N4O.C27H30N4O/c1-31(2)22-12-8-20(9-13-22)28(21-10-14-23(15-11-21)32(3)4)17-16-24-25(18-28)29-30-26(24)27(33)19-6-5-7-19;1-30(2)21-11-7-19(8-12-21)27(20-9-13-22(14-10-20)31(3)4)16-15-23-24(17-27)28-29-25(23)26(32)18-5-6-18/h8-17,19H,5-7,18H2,1-4H3,(H,29,30);7-16,18H,5-6,17H2,1-4H3,(H,28,29). The lowest BCUT2D eigenvalue weighted by atomic mass is 9.68. The molecule has 65 heavy (non-hydrogen) atoms. The summed E-state index contributed by atoms with van der Waals surface area (Å²) in [5, 5.41) is 15.4. The Morgan fingerprint density at radius 1 is 0.462 bits per heavy atom. The first kappa shape index (κ1) is 43.6. The van der Waals surface area contributed by atoms with Gasteiger partial charge in [-0.15, -0.1) is 0 Å². The molecular weight excluding hydrogens is 805 g/mol. The third-order valence-corrected chi connectivity index (χ3v) is 14.2. The number of H-pyrrole nitrogens is 2. The largest absolute Gasteiger partial charge is 0.378 e. The molecule has 0 spiro atoms. The number of hydrogen-bond acceptors (Lipinski definition) is 8. The average molecular weight is 867 g/mol. The second-order valence-corrected chi connectivity index (χ2v) is 19.3. The molecule has 4 aliphatic rings. The number of fused-ring (bicyclic) bond motifs is 2. The highest BCUT2D eigenvalue weighted by atomic mass is 16.1. The number of allylic oxidation sites excluding steroid dienone is 2. The van der Waals surface area contributed by atoms with Crippen LogP contribution in [0.15, 0.2) is 109 Å². The molecule has 2 heterocycles. The summed E-state index contributed by atoms with van der Waals surface area (Å²) in [4.78, 5) is 34.1. The van der Waals surface area contributed by atoms with Crippen LogP contribution in [0.5, 0.6) is 0 Å². The van der Waals surface area contributed by atoms with E-state index in [1.165, 1.54) is 45.0 Å². The van der Waals surface area contributed by atoms with Gasteiger partial charge in [-0.25, -0.2) is 0 Å². The van der Waals surface area contributed by atoms with Gasteiger partial charge in [0.2, 0.25) is 0 Å². The minimum absolute atomic E-state index is 0.148. The van der Waals surface area contributed by atoms with Crippen LogP contribution < -0.4 is 19.6 Å². The summed E-state index contributed by atoms with van der Waals surface area (Å²) in [5.41, 5.74) is 14.2. The van der Waals surface area contributed by atoms with E-state index in [0.29, 0.717) is 11.4 Å². The number of anilines is 4. The van der Waals surface area contributed by atoms with E-state index in [4.69, 9.17) is 0 Å². The Balaban J connectivity index is 0.000000164. The molecular formula is C55H62N8O2. The zero-order chi connectivity index (χ0) is 45.6. The number of nitrogens with one attached hydrogen (secondary N) is 2. The Morgan fingerprint density at radius 3 is 1.00 bits per heavy atom. The van der Waals surface area contributed by atoms with Crippen molar-refractivity contribution < 1.29 is 9.59 Å². The van der Waals surface area contributed by atoms with Crippen LogP contribution in [0.2, 0.25) is 0 Å². The fourth-order valence-corrected chi connectivity index (χ4v) is 9.66. The monoisotopic (exact) mass is 866 g/mol. The van der Waals surface area contributed by atoms with Gasteiger partial charge in [0.1, 0.15) is 11.4 Å². The van der Waals surface area contributed by atoms with Crippen LogP contribution in [0.1, 0.15) is 97.8 Å². The van der Waals surface area contributed by atoms with Crippen LogP contribution in [0.25, 0.3) is 12.2 Å². The molecule has 2 N–H and O–H groups in total. The van der Waals surface area contributed by atoms with E-state index in [-0.39, 0.29) is 34.2 Å². The number of carbonyl (C=O) groups excluding carboxylic acids is 2. The van der Waals surface area contributed by atoms with Gasteiger partial charge in [-0.2, -0.15) is 10.2 Å². The van der Waals surface area contributed by atoms with Crippen molar-refractivity contribution in [3.05, 3.63) is 165 Å². The van der Waals surface area contributed by atoms with Crippen LogP contribution >= 0.6 is 0 Å². The van der Waals surface area contributed by atoms with Crippen molar-refractivity contribution in [2.75, 3.05) is 76.0 Å². The van der Waals surface area contributed by atoms with Gasteiger partial charge < -0.3 is 19.6 Å². The summed E-state index contributed by atoms with van der Waals surface area (Å²) in [6.07, 6.45) is 15.4. The Hall–Kier alpha value is -6.68. The number of ketones is 2. The second kappa shape index (κ2) is 17.4. The number of aromatic nitrogens is 4. The Kier molecular flexibility index (Phi) is 11.6. The van der Waals surface area contributed by atoms with Gasteiger partial charge >= 0.3 is 0 Å². The van der Waals surface area contributed by atoms with Crippen molar-refractivity contribution in [2.24, 2.45) is 11.8 Å². The fraction of sp³-hybridized carbons (Fsp3) is 0.345. The maximum atomic E-state index is 12.9. The number of rotatable bonds is 12. The van der Waals surface area contributed by atoms with E-state index >= 15 is 0 Å². The lowest BCUT2D eigenvalue weighted by molar-refractivity contribution is 0.0849.